The molecule has 0 saturated carbocycles. The summed E-state index contributed by atoms with van der Waals surface area (Å²) < 4.78 is 5.08. The molecule has 1 aliphatic heterocycles. The fourth-order valence-corrected chi connectivity index (χ4v) is 1.97. The molecule has 0 radical (unpaired) electrons. The van der Waals surface area contributed by atoms with E-state index in [-0.39, 0.29) is 0 Å². The monoisotopic (exact) mass is 191 g/mol. The number of hydrogen-bond donors (Lipinski definition) is 0. The van der Waals surface area contributed by atoms with Crippen molar-refractivity contribution in [3.8, 4) is 0 Å². The molecule has 0 N–H and O–H groups in total. The SMILES string of the molecule is COCCN1Cc2ccc(C)cc2C1. The number of fused-ring (bicyclic) bond motifs is 1. The zero-order valence-corrected chi connectivity index (χ0v) is 8.92. The van der Waals surface area contributed by atoms with Gasteiger partial charge in [-0.3, -0.25) is 4.90 Å². The van der Waals surface area contributed by atoms with Crippen LogP contribution in [0.1, 0.15) is 16.7 Å². The van der Waals surface area contributed by atoms with Crippen LogP contribution in [0.25, 0.3) is 0 Å². The Labute approximate surface area is 85.5 Å². The first kappa shape index (κ1) is 9.69. The minimum absolute atomic E-state index is 0.826. The number of aryl methyl sites for hydroxylation is 1. The average Bonchev–Trinajstić information content (AvgIpc) is 2.56. The maximum Gasteiger partial charge on any atom is 0.0589 e. The van der Waals surface area contributed by atoms with E-state index in [2.05, 4.69) is 30.0 Å². The van der Waals surface area contributed by atoms with Gasteiger partial charge in [0.15, 0.2) is 0 Å². The standard InChI is InChI=1S/C12H17NO/c1-10-3-4-11-8-13(5-6-14-2)9-12(11)7-10/h3-4,7H,5-6,8-9H2,1-2H3. The lowest BCUT2D eigenvalue weighted by molar-refractivity contribution is 0.147. The van der Waals surface area contributed by atoms with E-state index in [4.69, 9.17) is 4.74 Å². The molecule has 0 amide bonds. The van der Waals surface area contributed by atoms with Gasteiger partial charge in [-0.1, -0.05) is 23.8 Å². The fraction of sp³-hybridized carbons (Fsp3) is 0.500. The molecule has 1 aromatic rings. The number of benzene rings is 1. The minimum atomic E-state index is 0.826. The molecule has 1 heterocycles. The fourth-order valence-electron chi connectivity index (χ4n) is 1.97. The molecule has 14 heavy (non-hydrogen) atoms. The van der Waals surface area contributed by atoms with E-state index in [0.717, 1.165) is 26.2 Å². The van der Waals surface area contributed by atoms with Crippen LogP contribution in [0.5, 0.6) is 0 Å². The molecule has 0 spiro atoms. The predicted octanol–water partition coefficient (Wildman–Crippen LogP) is 1.96. The Bertz CT molecular complexity index is 322. The quantitative estimate of drug-likeness (QED) is 0.724. The van der Waals surface area contributed by atoms with Crippen molar-refractivity contribution < 1.29 is 4.74 Å². The molecule has 0 saturated heterocycles. The predicted molar refractivity (Wildman–Crippen MR) is 57.2 cm³/mol. The second-order valence-corrected chi connectivity index (χ2v) is 3.98. The van der Waals surface area contributed by atoms with Crippen LogP contribution >= 0.6 is 0 Å². The summed E-state index contributed by atoms with van der Waals surface area (Å²) in [6.07, 6.45) is 0. The highest BCUT2D eigenvalue weighted by atomic mass is 16.5. The van der Waals surface area contributed by atoms with Gasteiger partial charge in [-0.05, 0) is 18.1 Å². The number of rotatable bonds is 3. The second-order valence-electron chi connectivity index (χ2n) is 3.98. The summed E-state index contributed by atoms with van der Waals surface area (Å²) in [4.78, 5) is 2.42. The Morgan fingerprint density at radius 1 is 1.29 bits per heavy atom. The molecule has 2 rings (SSSR count). The highest BCUT2D eigenvalue weighted by Gasteiger charge is 2.17. The normalized spacial score (nSPS) is 15.9. The van der Waals surface area contributed by atoms with Gasteiger partial charge in [0.1, 0.15) is 0 Å². The Kier molecular flexibility index (Phi) is 2.85. The topological polar surface area (TPSA) is 12.5 Å². The van der Waals surface area contributed by atoms with Gasteiger partial charge in [0.05, 0.1) is 6.61 Å². The van der Waals surface area contributed by atoms with Crippen molar-refractivity contribution in [1.82, 2.24) is 4.90 Å². The minimum Gasteiger partial charge on any atom is -0.383 e. The average molecular weight is 191 g/mol. The van der Waals surface area contributed by atoms with Crippen LogP contribution in [0.3, 0.4) is 0 Å². The summed E-state index contributed by atoms with van der Waals surface area (Å²) in [5, 5.41) is 0. The van der Waals surface area contributed by atoms with Crippen LogP contribution in [0.4, 0.5) is 0 Å². The zero-order chi connectivity index (χ0) is 9.97. The molecule has 2 nitrogen and oxygen atoms in total. The molecule has 0 aromatic heterocycles. The lowest BCUT2D eigenvalue weighted by Crippen LogP contribution is -2.21. The summed E-state index contributed by atoms with van der Waals surface area (Å²) in [7, 11) is 1.76. The van der Waals surface area contributed by atoms with E-state index in [1.165, 1.54) is 16.7 Å². The van der Waals surface area contributed by atoms with Crippen molar-refractivity contribution in [2.45, 2.75) is 20.0 Å². The Balaban J connectivity index is 2.03. The Morgan fingerprint density at radius 2 is 2.07 bits per heavy atom. The number of hydrogen-bond acceptors (Lipinski definition) is 2. The van der Waals surface area contributed by atoms with Crippen LogP contribution in [-0.2, 0) is 17.8 Å². The highest BCUT2D eigenvalue weighted by molar-refractivity contribution is 5.34. The largest absolute Gasteiger partial charge is 0.383 e. The Hall–Kier alpha value is -0.860. The van der Waals surface area contributed by atoms with Gasteiger partial charge in [0.2, 0.25) is 0 Å². The van der Waals surface area contributed by atoms with Crippen molar-refractivity contribution in [1.29, 1.82) is 0 Å². The second kappa shape index (κ2) is 4.11. The number of nitrogens with zero attached hydrogens (tertiary/aromatic N) is 1. The third-order valence-electron chi connectivity index (χ3n) is 2.76. The van der Waals surface area contributed by atoms with Crippen molar-refractivity contribution in [2.24, 2.45) is 0 Å². The first-order chi connectivity index (χ1) is 6.79. The van der Waals surface area contributed by atoms with Crippen LogP contribution in [0.2, 0.25) is 0 Å². The maximum absolute atomic E-state index is 5.08. The highest BCUT2D eigenvalue weighted by Crippen LogP contribution is 2.22. The van der Waals surface area contributed by atoms with Gasteiger partial charge in [0, 0.05) is 26.7 Å². The maximum atomic E-state index is 5.08. The first-order valence-corrected chi connectivity index (χ1v) is 5.09. The molecule has 0 unspecified atom stereocenters. The van der Waals surface area contributed by atoms with Gasteiger partial charge >= 0.3 is 0 Å². The lowest BCUT2D eigenvalue weighted by atomic mass is 10.1. The molecule has 1 aromatic carbocycles. The molecule has 0 atom stereocenters. The summed E-state index contributed by atoms with van der Waals surface area (Å²) in [5.41, 5.74) is 4.32. The van der Waals surface area contributed by atoms with E-state index in [0.29, 0.717) is 0 Å². The van der Waals surface area contributed by atoms with Gasteiger partial charge in [-0.15, -0.1) is 0 Å². The molecule has 0 bridgehead atoms. The summed E-state index contributed by atoms with van der Waals surface area (Å²) in [5.74, 6) is 0. The smallest absolute Gasteiger partial charge is 0.0589 e. The van der Waals surface area contributed by atoms with E-state index < -0.39 is 0 Å². The van der Waals surface area contributed by atoms with E-state index in [9.17, 15) is 0 Å². The van der Waals surface area contributed by atoms with E-state index in [1.807, 2.05) is 0 Å². The zero-order valence-electron chi connectivity index (χ0n) is 8.92. The third kappa shape index (κ3) is 1.97. The molecule has 2 heteroatoms. The van der Waals surface area contributed by atoms with Crippen molar-refractivity contribution in [3.63, 3.8) is 0 Å². The molecular weight excluding hydrogens is 174 g/mol. The van der Waals surface area contributed by atoms with Crippen molar-refractivity contribution in [2.75, 3.05) is 20.3 Å². The summed E-state index contributed by atoms with van der Waals surface area (Å²) in [6, 6.07) is 6.73. The van der Waals surface area contributed by atoms with Gasteiger partial charge in [-0.2, -0.15) is 0 Å². The van der Waals surface area contributed by atoms with Gasteiger partial charge in [-0.25, -0.2) is 0 Å². The van der Waals surface area contributed by atoms with Gasteiger partial charge in [0.25, 0.3) is 0 Å². The molecule has 76 valence electrons. The summed E-state index contributed by atoms with van der Waals surface area (Å²) in [6.45, 7) is 6.18. The molecule has 0 aliphatic carbocycles. The number of methoxy groups -OCH3 is 1. The van der Waals surface area contributed by atoms with Crippen LogP contribution in [0.15, 0.2) is 18.2 Å². The lowest BCUT2D eigenvalue weighted by Gasteiger charge is -2.13. The van der Waals surface area contributed by atoms with Crippen molar-refractivity contribution in [3.05, 3.63) is 34.9 Å². The first-order valence-electron chi connectivity index (χ1n) is 5.09. The third-order valence-corrected chi connectivity index (χ3v) is 2.76. The van der Waals surface area contributed by atoms with Crippen LogP contribution < -0.4 is 0 Å². The van der Waals surface area contributed by atoms with Crippen LogP contribution in [-0.4, -0.2) is 25.2 Å². The Morgan fingerprint density at radius 3 is 2.86 bits per heavy atom. The molecule has 1 aliphatic rings. The van der Waals surface area contributed by atoms with Crippen molar-refractivity contribution >= 4 is 0 Å². The van der Waals surface area contributed by atoms with E-state index >= 15 is 0 Å². The van der Waals surface area contributed by atoms with E-state index in [1.54, 1.807) is 7.11 Å². The summed E-state index contributed by atoms with van der Waals surface area (Å²) >= 11 is 0. The van der Waals surface area contributed by atoms with Gasteiger partial charge < -0.3 is 4.74 Å². The molecular formula is C12H17NO. The van der Waals surface area contributed by atoms with Crippen LogP contribution in [0, 0.1) is 6.92 Å². The number of ether oxygens (including phenoxy) is 1. The molecule has 0 fully saturated rings.